The van der Waals surface area contributed by atoms with E-state index in [9.17, 15) is 0 Å². The summed E-state index contributed by atoms with van der Waals surface area (Å²) in [6.07, 6.45) is 3.82. The highest BCUT2D eigenvalue weighted by Crippen LogP contribution is 2.51. The van der Waals surface area contributed by atoms with Gasteiger partial charge in [0.15, 0.2) is 0 Å². The molecule has 0 N–H and O–H groups in total. The van der Waals surface area contributed by atoms with Crippen LogP contribution < -0.4 is 14.1 Å². The molecule has 0 radical (unpaired) electrons. The fraction of sp³-hybridized carbons (Fsp3) is 0.400. The fourth-order valence-electron chi connectivity index (χ4n) is 3.39. The van der Waals surface area contributed by atoms with Gasteiger partial charge in [-0.3, -0.25) is 0 Å². The molecule has 0 heterocycles. The van der Waals surface area contributed by atoms with Crippen molar-refractivity contribution in [2.24, 2.45) is 0 Å². The van der Waals surface area contributed by atoms with Crippen molar-refractivity contribution in [1.82, 2.24) is 0 Å². The summed E-state index contributed by atoms with van der Waals surface area (Å²) in [5.41, 5.74) is 4.44. The predicted molar refractivity (Wildman–Crippen MR) is 165 cm³/mol. The van der Waals surface area contributed by atoms with Gasteiger partial charge in [-0.2, -0.15) is 0 Å². The van der Waals surface area contributed by atoms with Crippen LogP contribution in [0.2, 0.25) is 0 Å². The zero-order chi connectivity index (χ0) is 25.0. The number of rotatable bonds is 6. The van der Waals surface area contributed by atoms with Crippen molar-refractivity contribution in [3.63, 3.8) is 0 Å². The SMILES string of the molecule is C[P+](C)(C)Cc1ccccc1.C[P+](C)(C)Cc1ccccc1.C[P+](C)(C)Cc1ccccc1.[F-].[F-].[F-]. The van der Waals surface area contributed by atoms with E-state index in [1.807, 2.05) is 0 Å². The molecular formula is C30H48F3P3. The van der Waals surface area contributed by atoms with Gasteiger partial charge in [-0.05, 0) is 16.7 Å². The first kappa shape index (κ1) is 39.3. The van der Waals surface area contributed by atoms with Crippen LogP contribution in [0, 0.1) is 0 Å². The molecule has 0 aliphatic rings. The van der Waals surface area contributed by atoms with Crippen LogP contribution in [-0.2, 0) is 18.5 Å². The van der Waals surface area contributed by atoms with E-state index in [-0.39, 0.29) is 14.1 Å². The van der Waals surface area contributed by atoms with Crippen molar-refractivity contribution in [3.8, 4) is 0 Å². The minimum Gasteiger partial charge on any atom is -1.00 e. The van der Waals surface area contributed by atoms with E-state index in [2.05, 4.69) is 151 Å². The minimum absolute atomic E-state index is 0. The van der Waals surface area contributed by atoms with Gasteiger partial charge in [0.1, 0.15) is 0 Å². The molecule has 0 bridgehead atoms. The second kappa shape index (κ2) is 18.9. The topological polar surface area (TPSA) is 0 Å². The minimum atomic E-state index is -0.638. The van der Waals surface area contributed by atoms with Gasteiger partial charge >= 0.3 is 0 Å². The molecule has 0 amide bonds. The molecule has 3 rings (SSSR count). The average Bonchev–Trinajstić information content (AvgIpc) is 2.67. The second-order valence-electron chi connectivity index (χ2n) is 11.8. The van der Waals surface area contributed by atoms with E-state index in [1.165, 1.54) is 35.2 Å². The van der Waals surface area contributed by atoms with Crippen molar-refractivity contribution in [2.75, 3.05) is 60.0 Å². The van der Waals surface area contributed by atoms with Gasteiger partial charge in [-0.15, -0.1) is 0 Å². The van der Waals surface area contributed by atoms with Gasteiger partial charge in [0.05, 0.1) is 18.5 Å². The molecule has 36 heavy (non-hydrogen) atoms. The molecule has 0 spiro atoms. The molecule has 3 aromatic carbocycles. The number of benzene rings is 3. The third kappa shape index (κ3) is 23.2. The summed E-state index contributed by atoms with van der Waals surface area (Å²) in [5, 5.41) is 0. The maximum atomic E-state index is 2.38. The first-order chi connectivity index (χ1) is 15.2. The van der Waals surface area contributed by atoms with E-state index in [4.69, 9.17) is 0 Å². The molecule has 6 heteroatoms. The lowest BCUT2D eigenvalue weighted by Gasteiger charge is -2.10. The summed E-state index contributed by atoms with van der Waals surface area (Å²) >= 11 is 0. The van der Waals surface area contributed by atoms with Crippen molar-refractivity contribution in [3.05, 3.63) is 108 Å². The van der Waals surface area contributed by atoms with Crippen molar-refractivity contribution in [2.45, 2.75) is 18.5 Å². The van der Waals surface area contributed by atoms with Gasteiger partial charge in [-0.25, -0.2) is 0 Å². The maximum absolute atomic E-state index is 2.38. The summed E-state index contributed by atoms with van der Waals surface area (Å²) in [4.78, 5) is 0. The Kier molecular flexibility index (Phi) is 20.6. The normalized spacial score (nSPS) is 10.6. The summed E-state index contributed by atoms with van der Waals surface area (Å²) in [6, 6.07) is 32.2. The zero-order valence-corrected chi connectivity index (χ0v) is 26.4. The lowest BCUT2D eigenvalue weighted by atomic mass is 10.2. The molecule has 0 aliphatic carbocycles. The first-order valence-corrected chi connectivity index (χ1v) is 21.7. The van der Waals surface area contributed by atoms with Gasteiger partial charge in [0.2, 0.25) is 0 Å². The van der Waals surface area contributed by atoms with E-state index in [1.54, 1.807) is 0 Å². The van der Waals surface area contributed by atoms with Gasteiger partial charge in [0, 0.05) is 81.8 Å². The molecule has 0 saturated heterocycles. The monoisotopic (exact) mass is 558 g/mol. The Morgan fingerprint density at radius 1 is 0.333 bits per heavy atom. The van der Waals surface area contributed by atoms with Crippen molar-refractivity contribution >= 4 is 21.8 Å². The summed E-state index contributed by atoms with van der Waals surface area (Å²) in [6.45, 7) is 21.4. The zero-order valence-electron chi connectivity index (χ0n) is 23.8. The summed E-state index contributed by atoms with van der Waals surface area (Å²) in [7, 11) is -1.91. The van der Waals surface area contributed by atoms with Gasteiger partial charge in [0.25, 0.3) is 0 Å². The summed E-state index contributed by atoms with van der Waals surface area (Å²) < 4.78 is 0. The van der Waals surface area contributed by atoms with Gasteiger partial charge < -0.3 is 14.1 Å². The highest BCUT2D eigenvalue weighted by Gasteiger charge is 2.18. The molecular weight excluding hydrogens is 510 g/mol. The molecule has 0 atom stereocenters. The quantitative estimate of drug-likeness (QED) is 0.382. The van der Waals surface area contributed by atoms with Crippen molar-refractivity contribution in [1.29, 1.82) is 0 Å². The lowest BCUT2D eigenvalue weighted by Crippen LogP contribution is -3.00. The number of hydrogen-bond donors (Lipinski definition) is 0. The largest absolute Gasteiger partial charge is 1.00 e. The third-order valence-corrected chi connectivity index (χ3v) is 8.44. The highest BCUT2D eigenvalue weighted by molar-refractivity contribution is 7.73. The molecule has 3 aromatic rings. The molecule has 0 nitrogen and oxygen atoms in total. The number of halogens is 3. The van der Waals surface area contributed by atoms with E-state index >= 15 is 0 Å². The van der Waals surface area contributed by atoms with Crippen LogP contribution in [0.25, 0.3) is 0 Å². The highest BCUT2D eigenvalue weighted by atomic mass is 31.2. The second-order valence-corrected chi connectivity index (χ2v) is 26.5. The average molecular weight is 559 g/mol. The Morgan fingerprint density at radius 2 is 0.500 bits per heavy atom. The Bertz CT molecular complexity index is 762. The van der Waals surface area contributed by atoms with Gasteiger partial charge in [-0.1, -0.05) is 91.0 Å². The van der Waals surface area contributed by atoms with Crippen molar-refractivity contribution < 1.29 is 14.1 Å². The van der Waals surface area contributed by atoms with Crippen LogP contribution >= 0.6 is 21.8 Å². The van der Waals surface area contributed by atoms with Crippen LogP contribution in [-0.4, -0.2) is 60.0 Å². The predicted octanol–water partition coefficient (Wildman–Crippen LogP) is 0.293. The molecule has 0 unspecified atom stereocenters. The third-order valence-electron chi connectivity index (χ3n) is 4.50. The lowest BCUT2D eigenvalue weighted by molar-refractivity contribution is -0.001000. The smallest absolute Gasteiger partial charge is 0.0834 e. The molecule has 0 fully saturated rings. The van der Waals surface area contributed by atoms with Crippen LogP contribution in [0.3, 0.4) is 0 Å². The van der Waals surface area contributed by atoms with E-state index in [0.29, 0.717) is 0 Å². The maximum Gasteiger partial charge on any atom is 0.0834 e. The van der Waals surface area contributed by atoms with E-state index < -0.39 is 21.8 Å². The summed E-state index contributed by atoms with van der Waals surface area (Å²) in [5.74, 6) is 0. The Balaban J connectivity index is -0.000000436. The number of hydrogen-bond acceptors (Lipinski definition) is 0. The Morgan fingerprint density at radius 3 is 0.639 bits per heavy atom. The van der Waals surface area contributed by atoms with Crippen LogP contribution in [0.1, 0.15) is 16.7 Å². The van der Waals surface area contributed by atoms with E-state index in [0.717, 1.165) is 0 Å². The molecule has 204 valence electrons. The first-order valence-electron chi connectivity index (χ1n) is 11.8. The standard InChI is InChI=1S/3C10H16P.3FH/c3*1-11(2,3)9-10-7-5-4-6-8-10;;;/h3*4-8H,9H2,1-3H3;3*1H/q3*+1;;;/p-3. The van der Waals surface area contributed by atoms with Crippen LogP contribution in [0.15, 0.2) is 91.0 Å². The van der Waals surface area contributed by atoms with Crippen LogP contribution in [0.5, 0.6) is 0 Å². The molecule has 0 aliphatic heterocycles. The Hall–Kier alpha value is -1.26. The molecule has 0 saturated carbocycles. The fourth-order valence-corrected chi connectivity index (χ4v) is 7.31. The van der Waals surface area contributed by atoms with Crippen LogP contribution in [0.4, 0.5) is 0 Å². The Labute approximate surface area is 221 Å². The molecule has 0 aromatic heterocycles.